The van der Waals surface area contributed by atoms with E-state index in [0.29, 0.717) is 29.5 Å². The van der Waals surface area contributed by atoms with Crippen molar-refractivity contribution in [2.75, 3.05) is 0 Å². The van der Waals surface area contributed by atoms with E-state index in [1.165, 1.54) is 48.5 Å². The van der Waals surface area contributed by atoms with Crippen LogP contribution in [0.5, 0.6) is 0 Å². The first-order valence-corrected chi connectivity index (χ1v) is 17.2. The summed E-state index contributed by atoms with van der Waals surface area (Å²) in [5, 5.41) is 8.73. The molecule has 1 aliphatic rings. The van der Waals surface area contributed by atoms with E-state index < -0.39 is 0 Å². The van der Waals surface area contributed by atoms with E-state index in [4.69, 9.17) is 0 Å². The molecule has 0 aromatic carbocycles. The van der Waals surface area contributed by atoms with Crippen molar-refractivity contribution in [2.24, 2.45) is 0 Å². The molecule has 0 unspecified atom stereocenters. The van der Waals surface area contributed by atoms with E-state index in [0.717, 1.165) is 0 Å². The Bertz CT molecular complexity index is 1350. The van der Waals surface area contributed by atoms with Gasteiger partial charge in [-0.1, -0.05) is 0 Å². The standard InChI is InChI=1S/C27H17S4Se2/c1-5-20(28-9-1)24-14-18(15-25(32-24)21-6-2-10-29-21)13-19-16-26(22-7-3-11-30-22)33-27(17-19)23-8-4-12-31-23/h1-17H/q+1. The van der Waals surface area contributed by atoms with E-state index >= 15 is 0 Å². The normalized spacial score (nSPS) is 13.6. The van der Waals surface area contributed by atoms with Crippen molar-refractivity contribution in [3.05, 3.63) is 115 Å². The van der Waals surface area contributed by atoms with Crippen LogP contribution < -0.4 is 0 Å². The van der Waals surface area contributed by atoms with Gasteiger partial charge in [0.25, 0.3) is 0 Å². The molecule has 0 nitrogen and oxygen atoms in total. The maximum absolute atomic E-state index is 2.41. The fourth-order valence-electron chi connectivity index (χ4n) is 3.56. The molecule has 0 N–H and O–H groups in total. The fourth-order valence-corrected chi connectivity index (χ4v) is 12.2. The van der Waals surface area contributed by atoms with Gasteiger partial charge in [0.1, 0.15) is 0 Å². The Labute approximate surface area is 221 Å². The van der Waals surface area contributed by atoms with E-state index in [1.54, 1.807) is 0 Å². The minimum atomic E-state index is 0.323. The van der Waals surface area contributed by atoms with Crippen LogP contribution >= 0.6 is 45.3 Å². The second-order valence-electron chi connectivity index (χ2n) is 7.29. The molecule has 0 fully saturated rings. The first-order chi connectivity index (χ1) is 16.3. The molecule has 0 bridgehead atoms. The third kappa shape index (κ3) is 4.95. The fraction of sp³-hybridized carbons (Fsp3) is 0. The average Bonchev–Trinajstić information content (AvgIpc) is 3.68. The van der Waals surface area contributed by atoms with Gasteiger partial charge in [-0.3, -0.25) is 0 Å². The Morgan fingerprint density at radius 1 is 0.606 bits per heavy atom. The molecule has 0 amide bonds. The molecule has 6 heterocycles. The van der Waals surface area contributed by atoms with Gasteiger partial charge in [-0.05, 0) is 0 Å². The predicted molar refractivity (Wildman–Crippen MR) is 153 cm³/mol. The summed E-state index contributed by atoms with van der Waals surface area (Å²) >= 11 is 8.03. The van der Waals surface area contributed by atoms with E-state index in [9.17, 15) is 0 Å². The van der Waals surface area contributed by atoms with Crippen LogP contribution in [0.3, 0.4) is 0 Å². The Hall–Kier alpha value is -1.59. The van der Waals surface area contributed by atoms with Crippen LogP contribution in [-0.4, -0.2) is 29.5 Å². The van der Waals surface area contributed by atoms with Crippen molar-refractivity contribution in [2.45, 2.75) is 0 Å². The summed E-state index contributed by atoms with van der Waals surface area (Å²) in [7, 11) is 0. The van der Waals surface area contributed by atoms with Crippen molar-refractivity contribution < 1.29 is 0 Å². The van der Waals surface area contributed by atoms with Gasteiger partial charge in [0.05, 0.1) is 0 Å². The molecule has 0 aliphatic carbocycles. The molecule has 5 aromatic rings. The second-order valence-corrected chi connectivity index (χ2v) is 15.6. The molecule has 6 heteroatoms. The number of thiophene rings is 4. The Morgan fingerprint density at radius 2 is 1.06 bits per heavy atom. The van der Waals surface area contributed by atoms with Crippen LogP contribution in [0, 0.1) is 0 Å². The molecule has 6 rings (SSSR count). The van der Waals surface area contributed by atoms with Crippen molar-refractivity contribution in [1.82, 2.24) is 0 Å². The minimum absolute atomic E-state index is 0.323. The zero-order chi connectivity index (χ0) is 22.0. The number of hydrogen-bond acceptors (Lipinski definition) is 4. The van der Waals surface area contributed by atoms with Crippen molar-refractivity contribution in [1.29, 1.82) is 0 Å². The van der Waals surface area contributed by atoms with Crippen LogP contribution in [0.1, 0.15) is 15.3 Å². The number of hydrogen-bond donors (Lipinski definition) is 0. The van der Waals surface area contributed by atoms with Gasteiger partial charge in [-0.2, -0.15) is 0 Å². The Morgan fingerprint density at radius 3 is 1.48 bits per heavy atom. The third-order valence-corrected chi connectivity index (χ3v) is 14.5. The summed E-state index contributed by atoms with van der Waals surface area (Å²) in [6.45, 7) is 0. The van der Waals surface area contributed by atoms with E-state index in [2.05, 4.69) is 100 Å². The second kappa shape index (κ2) is 9.95. The summed E-state index contributed by atoms with van der Waals surface area (Å²) in [5.41, 5.74) is 2.59. The molecule has 5 aromatic heterocycles. The molecule has 0 atom stereocenters. The van der Waals surface area contributed by atoms with Gasteiger partial charge in [0.15, 0.2) is 0 Å². The molecule has 160 valence electrons. The third-order valence-electron chi connectivity index (χ3n) is 5.02. The van der Waals surface area contributed by atoms with Crippen LogP contribution in [0.25, 0.3) is 33.6 Å². The molecular weight excluding hydrogens is 610 g/mol. The molecule has 33 heavy (non-hydrogen) atoms. The summed E-state index contributed by atoms with van der Waals surface area (Å²) in [6.07, 6.45) is 7.20. The van der Waals surface area contributed by atoms with Crippen LogP contribution in [-0.2, 0) is 0 Å². The van der Waals surface area contributed by atoms with Crippen molar-refractivity contribution >= 4 is 89.8 Å². The average molecular weight is 628 g/mol. The summed E-state index contributed by atoms with van der Waals surface area (Å²) in [6, 6.07) is 22.5. The molecule has 1 aliphatic heterocycles. The topological polar surface area (TPSA) is 0 Å². The van der Waals surface area contributed by atoms with Gasteiger partial charge in [-0.15, -0.1) is 0 Å². The van der Waals surface area contributed by atoms with Gasteiger partial charge in [-0.25, -0.2) is 0 Å². The van der Waals surface area contributed by atoms with E-state index in [1.807, 2.05) is 45.3 Å². The summed E-state index contributed by atoms with van der Waals surface area (Å²) in [4.78, 5) is 5.57. The predicted octanol–water partition coefficient (Wildman–Crippen LogP) is 8.79. The molecule has 0 saturated carbocycles. The molecule has 0 radical (unpaired) electrons. The van der Waals surface area contributed by atoms with Crippen LogP contribution in [0.15, 0.2) is 99.9 Å². The summed E-state index contributed by atoms with van der Waals surface area (Å²) < 4.78 is 5.89. The van der Waals surface area contributed by atoms with Gasteiger partial charge < -0.3 is 0 Å². The first-order valence-electron chi connectivity index (χ1n) is 10.3. The zero-order valence-electron chi connectivity index (χ0n) is 17.3. The molecule has 0 saturated heterocycles. The Kier molecular flexibility index (Phi) is 6.61. The van der Waals surface area contributed by atoms with E-state index in [-0.39, 0.29) is 0 Å². The molecular formula is C27H17S4Se2+. The summed E-state index contributed by atoms with van der Waals surface area (Å²) in [5.74, 6) is 0. The maximum atomic E-state index is 2.41. The monoisotopic (exact) mass is 629 g/mol. The van der Waals surface area contributed by atoms with Crippen molar-refractivity contribution in [3.8, 4) is 18.6 Å². The number of allylic oxidation sites excluding steroid dienone is 3. The zero-order valence-corrected chi connectivity index (χ0v) is 24.0. The van der Waals surface area contributed by atoms with Crippen LogP contribution in [0.2, 0.25) is 0 Å². The van der Waals surface area contributed by atoms with Crippen molar-refractivity contribution in [3.63, 3.8) is 0 Å². The SMILES string of the molecule is C(=C1C=C(c2cccs2)[Se]C(c2cccs2)=C1)c1cc(-c2cccs2)[se+]c(-c2cccs2)c1. The first kappa shape index (κ1) is 21.9. The van der Waals surface area contributed by atoms with Crippen LogP contribution in [0.4, 0.5) is 0 Å². The van der Waals surface area contributed by atoms with Gasteiger partial charge in [0.2, 0.25) is 0 Å². The van der Waals surface area contributed by atoms with Gasteiger partial charge in [0, 0.05) is 0 Å². The van der Waals surface area contributed by atoms with Gasteiger partial charge >= 0.3 is 224 Å². The number of rotatable bonds is 5. The quantitative estimate of drug-likeness (QED) is 0.171. The Balaban J connectivity index is 1.48. The molecule has 0 spiro atoms.